The van der Waals surface area contributed by atoms with Crippen molar-refractivity contribution in [1.29, 1.82) is 0 Å². The summed E-state index contributed by atoms with van der Waals surface area (Å²) in [6.45, 7) is 6.69. The maximum atomic E-state index is 12.0. The molecule has 0 radical (unpaired) electrons. The molecule has 5 nitrogen and oxygen atoms in total. The number of piperazine rings is 1. The molecule has 3 atom stereocenters. The molecule has 2 aliphatic heterocycles. The van der Waals surface area contributed by atoms with Crippen LogP contribution in [-0.2, 0) is 14.3 Å². The first-order valence-corrected chi connectivity index (χ1v) is 6.23. The van der Waals surface area contributed by atoms with Gasteiger partial charge in [0, 0.05) is 6.61 Å². The number of carbonyl (C=O) groups excluding carboxylic acids is 2. The monoisotopic (exact) mass is 240 g/mol. The molecular weight excluding hydrogens is 220 g/mol. The average molecular weight is 240 g/mol. The van der Waals surface area contributed by atoms with Crippen molar-refractivity contribution in [2.45, 2.75) is 45.4 Å². The molecule has 2 amide bonds. The molecule has 2 rings (SSSR count). The van der Waals surface area contributed by atoms with Gasteiger partial charge in [0.25, 0.3) is 0 Å². The van der Waals surface area contributed by atoms with E-state index in [1.165, 1.54) is 0 Å². The van der Waals surface area contributed by atoms with Crippen LogP contribution in [0.15, 0.2) is 0 Å². The summed E-state index contributed by atoms with van der Waals surface area (Å²) in [5.41, 5.74) is 0. The summed E-state index contributed by atoms with van der Waals surface area (Å²) < 4.78 is 5.50. The number of hydrogen-bond acceptors (Lipinski definition) is 3. The minimum atomic E-state index is -0.356. The molecule has 0 aromatic heterocycles. The maximum Gasteiger partial charge on any atom is 0.243 e. The second-order valence-electron chi connectivity index (χ2n) is 5.14. The highest BCUT2D eigenvalue weighted by molar-refractivity contribution is 5.95. The molecule has 5 heteroatoms. The van der Waals surface area contributed by atoms with E-state index in [4.69, 9.17) is 4.74 Å². The van der Waals surface area contributed by atoms with Gasteiger partial charge in [-0.05, 0) is 19.3 Å². The summed E-state index contributed by atoms with van der Waals surface area (Å²) in [5, 5.41) is 2.66. The summed E-state index contributed by atoms with van der Waals surface area (Å²) in [6, 6.07) is -0.314. The van der Waals surface area contributed by atoms with Gasteiger partial charge >= 0.3 is 0 Å². The predicted molar refractivity (Wildman–Crippen MR) is 62.3 cm³/mol. The SMILES string of the molecule is CC(C)C1C(=O)NCC(=O)N1C1CCOC1C. The molecule has 0 aromatic rings. The van der Waals surface area contributed by atoms with E-state index in [9.17, 15) is 9.59 Å². The van der Waals surface area contributed by atoms with Gasteiger partial charge in [-0.3, -0.25) is 9.59 Å². The van der Waals surface area contributed by atoms with Crippen molar-refractivity contribution in [2.24, 2.45) is 5.92 Å². The van der Waals surface area contributed by atoms with Crippen molar-refractivity contribution >= 4 is 11.8 Å². The van der Waals surface area contributed by atoms with Crippen molar-refractivity contribution < 1.29 is 14.3 Å². The van der Waals surface area contributed by atoms with Crippen LogP contribution >= 0.6 is 0 Å². The van der Waals surface area contributed by atoms with Crippen molar-refractivity contribution in [2.75, 3.05) is 13.2 Å². The number of carbonyl (C=O) groups is 2. The van der Waals surface area contributed by atoms with E-state index in [-0.39, 0.29) is 42.5 Å². The lowest BCUT2D eigenvalue weighted by Gasteiger charge is -2.41. The Hall–Kier alpha value is -1.10. The maximum absolute atomic E-state index is 12.0. The fraction of sp³-hybridized carbons (Fsp3) is 0.833. The molecular formula is C12H20N2O3. The molecule has 2 aliphatic rings. The van der Waals surface area contributed by atoms with Crippen LogP contribution in [0.5, 0.6) is 0 Å². The van der Waals surface area contributed by atoms with E-state index < -0.39 is 0 Å². The molecule has 17 heavy (non-hydrogen) atoms. The molecule has 2 fully saturated rings. The summed E-state index contributed by atoms with van der Waals surface area (Å²) in [4.78, 5) is 25.7. The Morgan fingerprint density at radius 1 is 1.41 bits per heavy atom. The predicted octanol–water partition coefficient (Wildman–Crippen LogP) is 0.147. The molecule has 96 valence electrons. The van der Waals surface area contributed by atoms with E-state index in [0.29, 0.717) is 6.61 Å². The molecule has 0 aromatic carbocycles. The summed E-state index contributed by atoms with van der Waals surface area (Å²) in [6.07, 6.45) is 0.842. The minimum absolute atomic E-state index is 0.00523. The number of nitrogens with zero attached hydrogens (tertiary/aromatic N) is 1. The lowest BCUT2D eigenvalue weighted by Crippen LogP contribution is -2.64. The van der Waals surface area contributed by atoms with E-state index >= 15 is 0 Å². The van der Waals surface area contributed by atoms with Gasteiger partial charge in [-0.25, -0.2) is 0 Å². The first-order valence-electron chi connectivity index (χ1n) is 6.23. The first kappa shape index (κ1) is 12.4. The number of hydrogen-bond donors (Lipinski definition) is 1. The van der Waals surface area contributed by atoms with E-state index in [0.717, 1.165) is 6.42 Å². The third-order valence-electron chi connectivity index (χ3n) is 3.60. The van der Waals surface area contributed by atoms with Gasteiger partial charge in [-0.2, -0.15) is 0 Å². The smallest absolute Gasteiger partial charge is 0.243 e. The van der Waals surface area contributed by atoms with Gasteiger partial charge in [0.15, 0.2) is 0 Å². The third kappa shape index (κ3) is 2.16. The zero-order valence-electron chi connectivity index (χ0n) is 10.6. The van der Waals surface area contributed by atoms with E-state index in [1.807, 2.05) is 20.8 Å². The molecule has 0 saturated carbocycles. The summed E-state index contributed by atoms with van der Waals surface area (Å²) >= 11 is 0. The van der Waals surface area contributed by atoms with Gasteiger partial charge in [-0.1, -0.05) is 13.8 Å². The molecule has 1 N–H and O–H groups in total. The van der Waals surface area contributed by atoms with E-state index in [2.05, 4.69) is 5.32 Å². The van der Waals surface area contributed by atoms with Gasteiger partial charge in [0.1, 0.15) is 6.04 Å². The Kier molecular flexibility index (Phi) is 3.38. The molecule has 3 unspecified atom stereocenters. The Bertz CT molecular complexity index is 330. The molecule has 0 aliphatic carbocycles. The van der Waals surface area contributed by atoms with Crippen LogP contribution in [0.3, 0.4) is 0 Å². The summed E-state index contributed by atoms with van der Waals surface area (Å²) in [7, 11) is 0. The van der Waals surface area contributed by atoms with Gasteiger partial charge in [0.05, 0.1) is 18.7 Å². The lowest BCUT2D eigenvalue weighted by atomic mass is 9.95. The molecule has 0 spiro atoms. The van der Waals surface area contributed by atoms with Crippen LogP contribution in [0.25, 0.3) is 0 Å². The third-order valence-corrected chi connectivity index (χ3v) is 3.60. The number of amides is 2. The quantitative estimate of drug-likeness (QED) is 0.747. The standard InChI is InChI=1S/C12H20N2O3/c1-7(2)11-12(16)13-6-10(15)14(11)9-4-5-17-8(9)3/h7-9,11H,4-6H2,1-3H3,(H,13,16). The Morgan fingerprint density at radius 2 is 2.12 bits per heavy atom. The lowest BCUT2D eigenvalue weighted by molar-refractivity contribution is -0.151. The van der Waals surface area contributed by atoms with Crippen LogP contribution in [0.2, 0.25) is 0 Å². The second kappa shape index (κ2) is 4.64. The number of ether oxygens (including phenoxy) is 1. The Morgan fingerprint density at radius 3 is 2.65 bits per heavy atom. The number of rotatable bonds is 2. The fourth-order valence-corrected chi connectivity index (χ4v) is 2.74. The highest BCUT2D eigenvalue weighted by Crippen LogP contribution is 2.26. The average Bonchev–Trinajstić information content (AvgIpc) is 2.67. The highest BCUT2D eigenvalue weighted by atomic mass is 16.5. The molecule has 0 bridgehead atoms. The van der Waals surface area contributed by atoms with E-state index in [1.54, 1.807) is 4.90 Å². The van der Waals surface area contributed by atoms with Crippen LogP contribution < -0.4 is 5.32 Å². The van der Waals surface area contributed by atoms with Crippen molar-refractivity contribution in [3.63, 3.8) is 0 Å². The largest absolute Gasteiger partial charge is 0.376 e. The van der Waals surface area contributed by atoms with Gasteiger partial charge < -0.3 is 15.0 Å². The fourth-order valence-electron chi connectivity index (χ4n) is 2.74. The van der Waals surface area contributed by atoms with Gasteiger partial charge in [-0.15, -0.1) is 0 Å². The zero-order valence-corrected chi connectivity index (χ0v) is 10.6. The normalized spacial score (nSPS) is 34.4. The Balaban J connectivity index is 2.25. The minimum Gasteiger partial charge on any atom is -0.376 e. The van der Waals surface area contributed by atoms with Crippen molar-refractivity contribution in [3.05, 3.63) is 0 Å². The van der Waals surface area contributed by atoms with Crippen LogP contribution in [0, 0.1) is 5.92 Å². The zero-order chi connectivity index (χ0) is 12.6. The van der Waals surface area contributed by atoms with Crippen LogP contribution in [0.4, 0.5) is 0 Å². The number of nitrogens with one attached hydrogen (secondary N) is 1. The highest BCUT2D eigenvalue weighted by Gasteiger charge is 2.43. The molecule has 2 heterocycles. The van der Waals surface area contributed by atoms with Gasteiger partial charge in [0.2, 0.25) is 11.8 Å². The van der Waals surface area contributed by atoms with Crippen LogP contribution in [-0.4, -0.2) is 48.1 Å². The van der Waals surface area contributed by atoms with Crippen molar-refractivity contribution in [1.82, 2.24) is 10.2 Å². The summed E-state index contributed by atoms with van der Waals surface area (Å²) in [5.74, 6) is 0.0800. The topological polar surface area (TPSA) is 58.6 Å². The van der Waals surface area contributed by atoms with Crippen LogP contribution in [0.1, 0.15) is 27.2 Å². The first-order chi connectivity index (χ1) is 8.02. The molecule has 2 saturated heterocycles. The van der Waals surface area contributed by atoms with Crippen molar-refractivity contribution in [3.8, 4) is 0 Å². The second-order valence-corrected chi connectivity index (χ2v) is 5.14. The Labute approximate surface area is 101 Å².